The van der Waals surface area contributed by atoms with E-state index in [0.29, 0.717) is 25.1 Å². The monoisotopic (exact) mass is 364 g/mol. The molecule has 4 rings (SSSR count). The van der Waals surface area contributed by atoms with Crippen LogP contribution in [0.5, 0.6) is 0 Å². The minimum Gasteiger partial charge on any atom is -0.338 e. The number of carbonyl (C=O) groups excluding carboxylic acids is 3. The largest absolute Gasteiger partial charge is 0.338 e. The minimum absolute atomic E-state index is 0.00355. The van der Waals surface area contributed by atoms with Crippen molar-refractivity contribution in [2.45, 2.75) is 31.8 Å². The quantitative estimate of drug-likeness (QED) is 0.609. The van der Waals surface area contributed by atoms with Crippen molar-refractivity contribution >= 4 is 29.2 Å². The van der Waals surface area contributed by atoms with Gasteiger partial charge in [-0.15, -0.1) is 0 Å². The molecule has 2 unspecified atom stereocenters. The van der Waals surface area contributed by atoms with Crippen molar-refractivity contribution in [1.82, 2.24) is 9.80 Å². The van der Waals surface area contributed by atoms with Gasteiger partial charge in [-0.05, 0) is 42.9 Å². The summed E-state index contributed by atoms with van der Waals surface area (Å²) in [5.74, 6) is -2.86. The molecule has 0 spiro atoms. The summed E-state index contributed by atoms with van der Waals surface area (Å²) >= 11 is 5.79. The maximum absolute atomic E-state index is 13.3. The lowest BCUT2D eigenvalue weighted by molar-refractivity contribution is -0.162. The normalized spacial score (nSPS) is 26.9. The summed E-state index contributed by atoms with van der Waals surface area (Å²) in [6.45, 7) is 1.28. The molecule has 3 fully saturated rings. The zero-order valence-electron chi connectivity index (χ0n) is 13.6. The smallest absolute Gasteiger partial charge is 0.291 e. The maximum Gasteiger partial charge on any atom is 0.291 e. The van der Waals surface area contributed by atoms with Gasteiger partial charge in [0.05, 0.1) is 5.02 Å². The molecule has 3 aliphatic rings. The number of Topliss-reactive ketones (excluding diaryl/α,β-unsaturated/α-hetero) is 1. The van der Waals surface area contributed by atoms with E-state index in [1.807, 2.05) is 0 Å². The number of hydrogen-bond acceptors (Lipinski definition) is 3. The zero-order valence-corrected chi connectivity index (χ0v) is 14.3. The van der Waals surface area contributed by atoms with Gasteiger partial charge in [0.15, 0.2) is 0 Å². The van der Waals surface area contributed by atoms with Crippen LogP contribution in [0, 0.1) is 17.7 Å². The highest BCUT2D eigenvalue weighted by Gasteiger charge is 2.51. The number of piperidine rings is 2. The first-order valence-corrected chi connectivity index (χ1v) is 8.91. The second-order valence-corrected chi connectivity index (χ2v) is 7.49. The molecule has 2 atom stereocenters. The topological polar surface area (TPSA) is 57.7 Å². The van der Waals surface area contributed by atoms with E-state index in [1.165, 1.54) is 12.1 Å². The van der Waals surface area contributed by atoms with Crippen LogP contribution in [0.25, 0.3) is 0 Å². The molecule has 0 N–H and O–H groups in total. The van der Waals surface area contributed by atoms with Crippen LogP contribution in [0.3, 0.4) is 0 Å². The Hall–Kier alpha value is -1.95. The Morgan fingerprint density at radius 1 is 1.16 bits per heavy atom. The fourth-order valence-corrected chi connectivity index (χ4v) is 4.05. The van der Waals surface area contributed by atoms with Crippen molar-refractivity contribution in [3.05, 3.63) is 34.6 Å². The number of ketones is 1. The van der Waals surface area contributed by atoms with Crippen molar-refractivity contribution in [2.24, 2.45) is 11.8 Å². The molecule has 2 heterocycles. The van der Waals surface area contributed by atoms with Crippen molar-refractivity contribution in [3.63, 3.8) is 0 Å². The molecule has 2 saturated heterocycles. The molecule has 25 heavy (non-hydrogen) atoms. The van der Waals surface area contributed by atoms with Gasteiger partial charge in [0.1, 0.15) is 11.7 Å². The lowest BCUT2D eigenvalue weighted by atomic mass is 9.78. The Morgan fingerprint density at radius 3 is 2.60 bits per heavy atom. The lowest BCUT2D eigenvalue weighted by Gasteiger charge is -2.42. The molecule has 1 saturated carbocycles. The Morgan fingerprint density at radius 2 is 1.92 bits per heavy atom. The van der Waals surface area contributed by atoms with E-state index in [0.717, 1.165) is 12.8 Å². The Bertz CT molecular complexity index is 765. The molecular weight excluding hydrogens is 347 g/mol. The third kappa shape index (κ3) is 2.92. The molecular formula is C18H18ClFN2O3. The van der Waals surface area contributed by atoms with Gasteiger partial charge in [-0.1, -0.05) is 17.7 Å². The number of nitrogens with zero attached hydrogens (tertiary/aromatic N) is 2. The molecule has 132 valence electrons. The van der Waals surface area contributed by atoms with E-state index in [1.54, 1.807) is 15.9 Å². The highest BCUT2D eigenvalue weighted by atomic mass is 35.5. The van der Waals surface area contributed by atoms with Gasteiger partial charge in [0.25, 0.3) is 5.91 Å². The molecule has 2 amide bonds. The lowest BCUT2D eigenvalue weighted by Crippen LogP contribution is -2.59. The van der Waals surface area contributed by atoms with Crippen LogP contribution >= 0.6 is 11.6 Å². The van der Waals surface area contributed by atoms with Crippen LogP contribution in [0.2, 0.25) is 5.02 Å². The average Bonchev–Trinajstić information content (AvgIpc) is 3.41. The van der Waals surface area contributed by atoms with Gasteiger partial charge in [-0.2, -0.15) is 0 Å². The van der Waals surface area contributed by atoms with Crippen LogP contribution in [0.15, 0.2) is 18.2 Å². The highest BCUT2D eigenvalue weighted by molar-refractivity contribution is 6.41. The summed E-state index contributed by atoms with van der Waals surface area (Å²) in [5.41, 5.74) is 0.701. The van der Waals surface area contributed by atoms with Gasteiger partial charge in [0, 0.05) is 25.7 Å². The number of halogens is 2. The molecule has 0 radical (unpaired) electrons. The second-order valence-electron chi connectivity index (χ2n) is 7.09. The Kier molecular flexibility index (Phi) is 4.02. The van der Waals surface area contributed by atoms with Crippen molar-refractivity contribution in [3.8, 4) is 0 Å². The number of rotatable bonds is 3. The highest BCUT2D eigenvalue weighted by Crippen LogP contribution is 2.37. The molecule has 0 bridgehead atoms. The van der Waals surface area contributed by atoms with Gasteiger partial charge >= 0.3 is 0 Å². The standard InChI is InChI=1S/C18H18ClFN2O3/c19-13-7-10(1-4-14(13)20)8-21-6-5-11-9-22(12-2-3-12)18(25)16(23)15(11)17(21)24/h1,4,7,11-12,15H,2-3,5-6,8-9H2. The minimum atomic E-state index is -0.868. The summed E-state index contributed by atoms with van der Waals surface area (Å²) in [6.07, 6.45) is 2.58. The zero-order chi connectivity index (χ0) is 17.7. The third-order valence-electron chi connectivity index (χ3n) is 5.35. The van der Waals surface area contributed by atoms with Crippen molar-refractivity contribution < 1.29 is 18.8 Å². The number of hydrogen-bond donors (Lipinski definition) is 0. The Labute approximate surface area is 149 Å². The average molecular weight is 365 g/mol. The molecule has 1 aromatic rings. The van der Waals surface area contributed by atoms with Gasteiger partial charge in [-0.25, -0.2) is 4.39 Å². The first-order valence-electron chi connectivity index (χ1n) is 8.53. The van der Waals surface area contributed by atoms with E-state index < -0.39 is 23.4 Å². The molecule has 2 aliphatic heterocycles. The van der Waals surface area contributed by atoms with Crippen LogP contribution in [0.1, 0.15) is 24.8 Å². The predicted molar refractivity (Wildman–Crippen MR) is 88.2 cm³/mol. The number of fused-ring (bicyclic) bond motifs is 1. The third-order valence-corrected chi connectivity index (χ3v) is 5.64. The molecule has 0 aromatic heterocycles. The second kappa shape index (κ2) is 6.09. The molecule has 7 heteroatoms. The van der Waals surface area contributed by atoms with E-state index in [2.05, 4.69) is 0 Å². The number of likely N-dealkylation sites (tertiary alicyclic amines) is 2. The van der Waals surface area contributed by atoms with Gasteiger partial charge in [0.2, 0.25) is 11.7 Å². The Balaban J connectivity index is 1.51. The first kappa shape index (κ1) is 16.5. The van der Waals surface area contributed by atoms with E-state index in [9.17, 15) is 18.8 Å². The summed E-state index contributed by atoms with van der Waals surface area (Å²) in [4.78, 5) is 40.8. The SMILES string of the molecule is O=C1C(=O)N(C2CC2)CC2CCN(Cc3ccc(F)c(Cl)c3)C(=O)C12. The van der Waals surface area contributed by atoms with Gasteiger partial charge < -0.3 is 9.80 Å². The van der Waals surface area contributed by atoms with Crippen molar-refractivity contribution in [2.75, 3.05) is 13.1 Å². The number of benzene rings is 1. The van der Waals surface area contributed by atoms with Crippen LogP contribution in [-0.2, 0) is 20.9 Å². The van der Waals surface area contributed by atoms with Crippen molar-refractivity contribution in [1.29, 1.82) is 0 Å². The maximum atomic E-state index is 13.3. The number of carbonyl (C=O) groups is 3. The molecule has 1 aliphatic carbocycles. The first-order chi connectivity index (χ1) is 12.0. The molecule has 1 aromatic carbocycles. The van der Waals surface area contributed by atoms with Crippen LogP contribution in [-0.4, -0.2) is 46.5 Å². The van der Waals surface area contributed by atoms with E-state index in [-0.39, 0.29) is 29.4 Å². The fourth-order valence-electron chi connectivity index (χ4n) is 3.85. The van der Waals surface area contributed by atoms with Crippen LogP contribution in [0.4, 0.5) is 4.39 Å². The van der Waals surface area contributed by atoms with E-state index >= 15 is 0 Å². The predicted octanol–water partition coefficient (Wildman–Crippen LogP) is 2.02. The summed E-state index contributed by atoms with van der Waals surface area (Å²) in [6, 6.07) is 4.51. The summed E-state index contributed by atoms with van der Waals surface area (Å²) in [7, 11) is 0. The fraction of sp³-hybridized carbons (Fsp3) is 0.500. The van der Waals surface area contributed by atoms with Gasteiger partial charge in [-0.3, -0.25) is 14.4 Å². The van der Waals surface area contributed by atoms with Crippen LogP contribution < -0.4 is 0 Å². The molecule has 5 nitrogen and oxygen atoms in total. The number of amides is 2. The van der Waals surface area contributed by atoms with E-state index in [4.69, 9.17) is 11.6 Å². The summed E-state index contributed by atoms with van der Waals surface area (Å²) in [5, 5.41) is 0.00355. The summed E-state index contributed by atoms with van der Waals surface area (Å²) < 4.78 is 13.3.